The van der Waals surface area contributed by atoms with Gasteiger partial charge < -0.3 is 24.7 Å². The fraction of sp³-hybridized carbons (Fsp3) is 1.00. The molecule has 0 bridgehead atoms. The Bertz CT molecular complexity index is 312. The third-order valence-corrected chi connectivity index (χ3v) is 4.69. The normalized spacial score (nSPS) is 17.7. The van der Waals surface area contributed by atoms with E-state index in [1.54, 1.807) is 0 Å². The summed E-state index contributed by atoms with van der Waals surface area (Å²) in [5, 5.41) is 0. The number of rotatable bonds is 18. The van der Waals surface area contributed by atoms with Gasteiger partial charge in [0.05, 0.1) is 45.2 Å². The van der Waals surface area contributed by atoms with Crippen LogP contribution in [0.5, 0.6) is 0 Å². The molecule has 0 heterocycles. The second kappa shape index (κ2) is 15.7. The maximum atomic E-state index is 6.06. The third kappa shape index (κ3) is 14.5. The van der Waals surface area contributed by atoms with Crippen molar-refractivity contribution in [3.05, 3.63) is 0 Å². The molecule has 0 aliphatic rings. The second-order valence-corrected chi connectivity index (χ2v) is 8.65. The van der Waals surface area contributed by atoms with Crippen LogP contribution in [0.1, 0.15) is 74.1 Å². The van der Waals surface area contributed by atoms with Crippen LogP contribution >= 0.6 is 0 Å². The average Bonchev–Trinajstić information content (AvgIpc) is 2.62. The highest BCUT2D eigenvalue weighted by Crippen LogP contribution is 2.30. The first-order chi connectivity index (χ1) is 12.7. The SMILES string of the molecule is CCCCC(CC)(COCC(C)OCC(C)C)COCC(C)OCC(C)N. The maximum absolute atomic E-state index is 6.06. The van der Waals surface area contributed by atoms with Crippen molar-refractivity contribution in [2.75, 3.05) is 39.6 Å². The van der Waals surface area contributed by atoms with Crippen molar-refractivity contribution in [1.29, 1.82) is 0 Å². The summed E-state index contributed by atoms with van der Waals surface area (Å²) in [6.45, 7) is 18.8. The monoisotopic (exact) mass is 389 g/mol. The van der Waals surface area contributed by atoms with Crippen molar-refractivity contribution in [2.45, 2.75) is 92.4 Å². The van der Waals surface area contributed by atoms with E-state index in [1.807, 2.05) is 13.8 Å². The number of hydrogen-bond donors (Lipinski definition) is 1. The summed E-state index contributed by atoms with van der Waals surface area (Å²) in [6.07, 6.45) is 4.72. The van der Waals surface area contributed by atoms with E-state index in [1.165, 1.54) is 12.8 Å². The van der Waals surface area contributed by atoms with Crippen LogP contribution in [-0.4, -0.2) is 57.9 Å². The van der Waals surface area contributed by atoms with Gasteiger partial charge in [-0.1, -0.05) is 40.5 Å². The van der Waals surface area contributed by atoms with Gasteiger partial charge in [0.2, 0.25) is 0 Å². The average molecular weight is 390 g/mol. The van der Waals surface area contributed by atoms with Gasteiger partial charge in [-0.3, -0.25) is 0 Å². The molecule has 164 valence electrons. The molecule has 0 aromatic heterocycles. The standard InChI is InChI=1S/C22H47NO4/c1-8-10-11-22(9-2,16-24-14-20(6)26-12-18(3)4)17-25-15-21(7)27-13-19(5)23/h18-21H,8-17,23H2,1-7H3. The first-order valence-electron chi connectivity index (χ1n) is 10.9. The van der Waals surface area contributed by atoms with E-state index < -0.39 is 0 Å². The largest absolute Gasteiger partial charge is 0.378 e. The number of hydrogen-bond acceptors (Lipinski definition) is 5. The minimum absolute atomic E-state index is 0.0556. The Morgan fingerprint density at radius 2 is 1.30 bits per heavy atom. The van der Waals surface area contributed by atoms with Gasteiger partial charge in [-0.2, -0.15) is 0 Å². The van der Waals surface area contributed by atoms with E-state index in [0.29, 0.717) is 39.0 Å². The Morgan fingerprint density at radius 3 is 1.70 bits per heavy atom. The van der Waals surface area contributed by atoms with Crippen LogP contribution in [-0.2, 0) is 18.9 Å². The number of unbranched alkanes of at least 4 members (excludes halogenated alkanes) is 1. The van der Waals surface area contributed by atoms with Crippen molar-refractivity contribution in [2.24, 2.45) is 17.1 Å². The second-order valence-electron chi connectivity index (χ2n) is 8.65. The first-order valence-corrected chi connectivity index (χ1v) is 10.9. The molecule has 5 heteroatoms. The Labute approximate surface area is 168 Å². The zero-order valence-electron chi connectivity index (χ0n) is 19.1. The van der Waals surface area contributed by atoms with E-state index in [4.69, 9.17) is 24.7 Å². The Morgan fingerprint density at radius 1 is 0.778 bits per heavy atom. The van der Waals surface area contributed by atoms with Gasteiger partial charge in [-0.05, 0) is 39.5 Å². The summed E-state index contributed by atoms with van der Waals surface area (Å²) in [5.41, 5.74) is 5.80. The summed E-state index contributed by atoms with van der Waals surface area (Å²) in [5.74, 6) is 0.548. The van der Waals surface area contributed by atoms with Gasteiger partial charge in [-0.25, -0.2) is 0 Å². The van der Waals surface area contributed by atoms with Crippen molar-refractivity contribution < 1.29 is 18.9 Å². The molecule has 27 heavy (non-hydrogen) atoms. The number of nitrogens with two attached hydrogens (primary N) is 1. The molecule has 0 fully saturated rings. The molecule has 5 nitrogen and oxygen atoms in total. The van der Waals surface area contributed by atoms with Crippen LogP contribution in [0.4, 0.5) is 0 Å². The Kier molecular flexibility index (Phi) is 15.6. The Hall–Kier alpha value is -0.200. The molecular weight excluding hydrogens is 342 g/mol. The summed E-state index contributed by atoms with van der Waals surface area (Å²) in [4.78, 5) is 0. The van der Waals surface area contributed by atoms with Gasteiger partial charge in [0.25, 0.3) is 0 Å². The lowest BCUT2D eigenvalue weighted by molar-refractivity contribution is -0.0800. The summed E-state index contributed by atoms with van der Waals surface area (Å²) >= 11 is 0. The van der Waals surface area contributed by atoms with E-state index in [-0.39, 0.29) is 23.7 Å². The van der Waals surface area contributed by atoms with Crippen LogP contribution in [0.2, 0.25) is 0 Å². The Balaban J connectivity index is 4.40. The molecule has 0 spiro atoms. The minimum atomic E-state index is 0.0556. The van der Waals surface area contributed by atoms with Crippen molar-refractivity contribution in [3.63, 3.8) is 0 Å². The highest BCUT2D eigenvalue weighted by molar-refractivity contribution is 4.78. The fourth-order valence-corrected chi connectivity index (χ4v) is 2.77. The van der Waals surface area contributed by atoms with Crippen molar-refractivity contribution in [3.8, 4) is 0 Å². The van der Waals surface area contributed by atoms with E-state index in [2.05, 4.69) is 34.6 Å². The minimum Gasteiger partial charge on any atom is -0.378 e. The molecule has 0 saturated carbocycles. The molecule has 0 aliphatic carbocycles. The fourth-order valence-electron chi connectivity index (χ4n) is 2.77. The molecule has 0 amide bonds. The zero-order chi connectivity index (χ0) is 20.7. The van der Waals surface area contributed by atoms with Gasteiger partial charge >= 0.3 is 0 Å². The van der Waals surface area contributed by atoms with E-state index in [9.17, 15) is 0 Å². The third-order valence-electron chi connectivity index (χ3n) is 4.69. The van der Waals surface area contributed by atoms with E-state index >= 15 is 0 Å². The van der Waals surface area contributed by atoms with Crippen LogP contribution in [0.15, 0.2) is 0 Å². The highest BCUT2D eigenvalue weighted by Gasteiger charge is 2.29. The smallest absolute Gasteiger partial charge is 0.0781 e. The summed E-state index contributed by atoms with van der Waals surface area (Å²) in [7, 11) is 0. The van der Waals surface area contributed by atoms with Crippen molar-refractivity contribution >= 4 is 0 Å². The molecule has 4 atom stereocenters. The van der Waals surface area contributed by atoms with Crippen LogP contribution in [0.3, 0.4) is 0 Å². The topological polar surface area (TPSA) is 62.9 Å². The van der Waals surface area contributed by atoms with Gasteiger partial charge in [-0.15, -0.1) is 0 Å². The lowest BCUT2D eigenvalue weighted by Crippen LogP contribution is -2.35. The lowest BCUT2D eigenvalue weighted by atomic mass is 9.81. The van der Waals surface area contributed by atoms with Crippen LogP contribution < -0.4 is 5.73 Å². The predicted octanol–water partition coefficient (Wildman–Crippen LogP) is 4.42. The van der Waals surface area contributed by atoms with E-state index in [0.717, 1.165) is 19.4 Å². The molecule has 0 aromatic rings. The maximum Gasteiger partial charge on any atom is 0.0781 e. The van der Waals surface area contributed by atoms with Gasteiger partial charge in [0, 0.05) is 18.1 Å². The quantitative estimate of drug-likeness (QED) is 0.376. The van der Waals surface area contributed by atoms with Gasteiger partial charge in [0.15, 0.2) is 0 Å². The van der Waals surface area contributed by atoms with Crippen LogP contribution in [0.25, 0.3) is 0 Å². The van der Waals surface area contributed by atoms with Crippen molar-refractivity contribution in [1.82, 2.24) is 0 Å². The first kappa shape index (κ1) is 26.8. The molecule has 0 rings (SSSR count). The molecule has 0 radical (unpaired) electrons. The highest BCUT2D eigenvalue weighted by atomic mass is 16.5. The molecule has 0 aliphatic heterocycles. The van der Waals surface area contributed by atoms with Crippen LogP contribution in [0, 0.1) is 11.3 Å². The predicted molar refractivity (Wildman–Crippen MR) is 113 cm³/mol. The molecular formula is C22H47NO4. The zero-order valence-corrected chi connectivity index (χ0v) is 19.1. The molecule has 4 unspecified atom stereocenters. The molecule has 0 saturated heterocycles. The number of ether oxygens (including phenoxy) is 4. The molecule has 0 aromatic carbocycles. The summed E-state index contributed by atoms with van der Waals surface area (Å²) < 4.78 is 23.6. The summed E-state index contributed by atoms with van der Waals surface area (Å²) in [6, 6.07) is 0.0556. The lowest BCUT2D eigenvalue weighted by Gasteiger charge is -2.33. The molecule has 2 N–H and O–H groups in total. The van der Waals surface area contributed by atoms with Gasteiger partial charge in [0.1, 0.15) is 0 Å².